The molecule has 7 heteroatoms. The molecule has 0 saturated heterocycles. The van der Waals surface area contributed by atoms with E-state index in [0.29, 0.717) is 18.7 Å². The summed E-state index contributed by atoms with van der Waals surface area (Å²) >= 11 is 5.05. The lowest BCUT2D eigenvalue weighted by atomic mass is 9.93. The number of hydrogen-bond donors (Lipinski definition) is 0. The Morgan fingerprint density at radius 2 is 1.74 bits per heavy atom. The third-order valence-corrected chi connectivity index (χ3v) is 7.57. The lowest BCUT2D eigenvalue weighted by Gasteiger charge is -2.35. The molecule has 4 rings (SSSR count). The summed E-state index contributed by atoms with van der Waals surface area (Å²) in [4.78, 5) is 31.8. The lowest BCUT2D eigenvalue weighted by molar-refractivity contribution is -0.133. The summed E-state index contributed by atoms with van der Waals surface area (Å²) in [6, 6.07) is 17.6. The number of halogens is 2. The third kappa shape index (κ3) is 6.54. The van der Waals surface area contributed by atoms with E-state index in [-0.39, 0.29) is 30.2 Å². The van der Waals surface area contributed by atoms with Crippen molar-refractivity contribution in [2.45, 2.75) is 51.2 Å². The summed E-state index contributed by atoms with van der Waals surface area (Å²) in [7, 11) is 0. The molecule has 1 saturated carbocycles. The first-order valence-electron chi connectivity index (χ1n) is 11.6. The van der Waals surface area contributed by atoms with Gasteiger partial charge in [-0.15, -0.1) is 11.3 Å². The van der Waals surface area contributed by atoms with Crippen molar-refractivity contribution in [3.05, 3.63) is 92.3 Å². The normalized spacial score (nSPS) is 14.1. The van der Waals surface area contributed by atoms with Crippen LogP contribution in [0.1, 0.15) is 52.9 Å². The molecule has 3 aromatic rings. The number of benzene rings is 2. The van der Waals surface area contributed by atoms with Crippen molar-refractivity contribution in [3.8, 4) is 0 Å². The van der Waals surface area contributed by atoms with Crippen molar-refractivity contribution in [3.63, 3.8) is 0 Å². The monoisotopic (exact) mass is 542 g/mol. The van der Waals surface area contributed by atoms with Gasteiger partial charge in [0.25, 0.3) is 5.91 Å². The van der Waals surface area contributed by atoms with E-state index < -0.39 is 0 Å². The van der Waals surface area contributed by atoms with Crippen LogP contribution >= 0.6 is 27.3 Å². The lowest BCUT2D eigenvalue weighted by Crippen LogP contribution is -2.48. The van der Waals surface area contributed by atoms with Crippen LogP contribution in [0.3, 0.4) is 0 Å². The summed E-state index contributed by atoms with van der Waals surface area (Å²) in [5, 5.41) is 1.99. The maximum atomic E-state index is 13.6. The van der Waals surface area contributed by atoms with Gasteiger partial charge in [0.15, 0.2) is 0 Å². The fraction of sp³-hybridized carbons (Fsp3) is 0.333. The Kier molecular flexibility index (Phi) is 8.51. The highest BCUT2D eigenvalue weighted by Gasteiger charge is 2.30. The fourth-order valence-electron chi connectivity index (χ4n) is 4.43. The van der Waals surface area contributed by atoms with E-state index in [1.165, 1.54) is 18.6 Å². The molecule has 178 valence electrons. The van der Waals surface area contributed by atoms with Crippen LogP contribution in [0.4, 0.5) is 4.39 Å². The van der Waals surface area contributed by atoms with Crippen LogP contribution in [0.15, 0.2) is 70.5 Å². The SMILES string of the molecule is O=C(CN(C(=O)c1cccc(Br)c1)C1CCCCC1)N(Cc1ccc(F)cc1)Cc1cccs1. The molecule has 4 nitrogen and oxygen atoms in total. The number of carbonyl (C=O) groups excluding carboxylic acids is 2. The van der Waals surface area contributed by atoms with Crippen molar-refractivity contribution in [2.24, 2.45) is 0 Å². The van der Waals surface area contributed by atoms with Gasteiger partial charge in [0.2, 0.25) is 5.91 Å². The molecule has 1 heterocycles. The molecule has 0 spiro atoms. The topological polar surface area (TPSA) is 40.6 Å². The molecule has 1 aliphatic rings. The molecular weight excluding hydrogens is 515 g/mol. The minimum absolute atomic E-state index is 0.0303. The van der Waals surface area contributed by atoms with E-state index in [1.54, 1.807) is 39.3 Å². The summed E-state index contributed by atoms with van der Waals surface area (Å²) in [6.07, 6.45) is 5.12. The zero-order valence-corrected chi connectivity index (χ0v) is 21.4. The molecule has 0 N–H and O–H groups in total. The zero-order chi connectivity index (χ0) is 23.9. The minimum atomic E-state index is -0.303. The van der Waals surface area contributed by atoms with Gasteiger partial charge >= 0.3 is 0 Å². The Balaban J connectivity index is 1.57. The van der Waals surface area contributed by atoms with E-state index >= 15 is 0 Å². The number of amides is 2. The standard InChI is InChI=1S/C27H28BrFN2O2S/c28-22-7-4-6-21(16-22)27(33)31(24-8-2-1-3-9-24)19-26(32)30(18-25-10-5-15-34-25)17-20-11-13-23(29)14-12-20/h4-7,10-16,24H,1-3,8-9,17-19H2. The van der Waals surface area contributed by atoms with Crippen LogP contribution < -0.4 is 0 Å². The first kappa shape index (κ1) is 24.6. The van der Waals surface area contributed by atoms with Crippen LogP contribution in [-0.2, 0) is 17.9 Å². The molecule has 1 aromatic heterocycles. The van der Waals surface area contributed by atoms with Crippen LogP contribution in [0.5, 0.6) is 0 Å². The van der Waals surface area contributed by atoms with E-state index in [2.05, 4.69) is 15.9 Å². The van der Waals surface area contributed by atoms with Crippen LogP contribution in [-0.4, -0.2) is 34.2 Å². The Morgan fingerprint density at radius 1 is 0.971 bits per heavy atom. The largest absolute Gasteiger partial charge is 0.332 e. The van der Waals surface area contributed by atoms with E-state index in [1.807, 2.05) is 35.7 Å². The van der Waals surface area contributed by atoms with Gasteiger partial charge in [0.1, 0.15) is 12.4 Å². The van der Waals surface area contributed by atoms with Gasteiger partial charge in [-0.3, -0.25) is 9.59 Å². The molecule has 2 amide bonds. The third-order valence-electron chi connectivity index (χ3n) is 6.22. The second-order valence-electron chi connectivity index (χ2n) is 8.69. The number of rotatable bonds is 8. The number of nitrogens with zero attached hydrogens (tertiary/aromatic N) is 2. The predicted octanol–water partition coefficient (Wildman–Crippen LogP) is 6.65. The van der Waals surface area contributed by atoms with E-state index in [4.69, 9.17) is 0 Å². The first-order valence-corrected chi connectivity index (χ1v) is 13.3. The van der Waals surface area contributed by atoms with Gasteiger partial charge in [-0.2, -0.15) is 0 Å². The van der Waals surface area contributed by atoms with E-state index in [0.717, 1.165) is 40.6 Å². The smallest absolute Gasteiger partial charge is 0.254 e. The number of hydrogen-bond acceptors (Lipinski definition) is 3. The number of carbonyl (C=O) groups is 2. The molecule has 1 fully saturated rings. The van der Waals surface area contributed by atoms with Gasteiger partial charge in [-0.05, 0) is 60.2 Å². The second-order valence-corrected chi connectivity index (χ2v) is 10.6. The van der Waals surface area contributed by atoms with Gasteiger partial charge in [0, 0.05) is 27.5 Å². The maximum absolute atomic E-state index is 13.6. The summed E-state index contributed by atoms with van der Waals surface area (Å²) in [5.41, 5.74) is 1.44. The van der Waals surface area contributed by atoms with Gasteiger partial charge in [0.05, 0.1) is 6.54 Å². The molecule has 0 bridgehead atoms. The van der Waals surface area contributed by atoms with Crippen LogP contribution in [0, 0.1) is 5.82 Å². The van der Waals surface area contributed by atoms with Crippen molar-refractivity contribution < 1.29 is 14.0 Å². The summed E-state index contributed by atoms with van der Waals surface area (Å²) < 4.78 is 14.3. The Morgan fingerprint density at radius 3 is 2.41 bits per heavy atom. The maximum Gasteiger partial charge on any atom is 0.254 e. The van der Waals surface area contributed by atoms with Gasteiger partial charge < -0.3 is 9.80 Å². The van der Waals surface area contributed by atoms with Gasteiger partial charge in [-0.25, -0.2) is 4.39 Å². The quantitative estimate of drug-likeness (QED) is 0.319. The van der Waals surface area contributed by atoms with Crippen molar-refractivity contribution in [2.75, 3.05) is 6.54 Å². The Hall–Kier alpha value is -2.51. The Bertz CT molecular complexity index is 1100. The molecule has 0 unspecified atom stereocenters. The minimum Gasteiger partial charge on any atom is -0.332 e. The van der Waals surface area contributed by atoms with Crippen LogP contribution in [0.2, 0.25) is 0 Å². The average molecular weight is 544 g/mol. The molecule has 0 radical (unpaired) electrons. The highest BCUT2D eigenvalue weighted by molar-refractivity contribution is 9.10. The van der Waals surface area contributed by atoms with Crippen molar-refractivity contribution in [1.29, 1.82) is 0 Å². The van der Waals surface area contributed by atoms with Crippen LogP contribution in [0.25, 0.3) is 0 Å². The predicted molar refractivity (Wildman–Crippen MR) is 137 cm³/mol. The molecule has 1 aliphatic carbocycles. The van der Waals surface area contributed by atoms with E-state index in [9.17, 15) is 14.0 Å². The zero-order valence-electron chi connectivity index (χ0n) is 19.0. The molecule has 0 atom stereocenters. The molecule has 34 heavy (non-hydrogen) atoms. The fourth-order valence-corrected chi connectivity index (χ4v) is 5.54. The molecule has 0 aliphatic heterocycles. The Labute approximate surface area is 212 Å². The summed E-state index contributed by atoms with van der Waals surface area (Å²) in [5.74, 6) is -0.519. The van der Waals surface area contributed by atoms with Crippen molar-refractivity contribution >= 4 is 39.1 Å². The highest BCUT2D eigenvalue weighted by atomic mass is 79.9. The molecule has 2 aromatic carbocycles. The first-order chi connectivity index (χ1) is 16.5. The second kappa shape index (κ2) is 11.8. The summed E-state index contributed by atoms with van der Waals surface area (Å²) in [6.45, 7) is 0.848. The van der Waals surface area contributed by atoms with Gasteiger partial charge in [-0.1, -0.05) is 59.5 Å². The van der Waals surface area contributed by atoms with Crippen molar-refractivity contribution in [1.82, 2.24) is 9.80 Å². The average Bonchev–Trinajstić information content (AvgIpc) is 3.37. The number of thiophene rings is 1. The highest BCUT2D eigenvalue weighted by Crippen LogP contribution is 2.25. The molecular formula is C27H28BrFN2O2S.